The van der Waals surface area contributed by atoms with Crippen molar-refractivity contribution in [1.29, 1.82) is 0 Å². The molecule has 0 amide bonds. The van der Waals surface area contributed by atoms with Crippen molar-refractivity contribution in [3.63, 3.8) is 0 Å². The molecule has 106 valence electrons. The van der Waals surface area contributed by atoms with E-state index in [-0.39, 0.29) is 0 Å². The van der Waals surface area contributed by atoms with E-state index in [4.69, 9.17) is 5.73 Å². The van der Waals surface area contributed by atoms with Gasteiger partial charge < -0.3 is 10.6 Å². The highest BCUT2D eigenvalue weighted by molar-refractivity contribution is 4.83. The number of likely N-dealkylation sites (N-methyl/N-ethyl adjacent to an activating group) is 1. The minimum atomic E-state index is 0.681. The van der Waals surface area contributed by atoms with Crippen molar-refractivity contribution in [1.82, 2.24) is 9.80 Å². The minimum absolute atomic E-state index is 0.681. The molecular formula is C15H31N3. The van der Waals surface area contributed by atoms with Gasteiger partial charge in [-0.2, -0.15) is 0 Å². The van der Waals surface area contributed by atoms with Crippen molar-refractivity contribution in [2.45, 2.75) is 63.5 Å². The van der Waals surface area contributed by atoms with E-state index in [2.05, 4.69) is 16.8 Å². The Morgan fingerprint density at radius 3 is 2.39 bits per heavy atom. The Morgan fingerprint density at radius 2 is 1.72 bits per heavy atom. The first-order valence-corrected chi connectivity index (χ1v) is 7.95. The van der Waals surface area contributed by atoms with Crippen LogP contribution in [0.3, 0.4) is 0 Å². The van der Waals surface area contributed by atoms with Crippen LogP contribution in [0.4, 0.5) is 0 Å². The standard InChI is InChI=1S/C15H31N3/c1-17-11-6-12-18(13-15(17)9-10-16)14-7-4-2-3-5-8-14/h14-15H,2-13,16H2,1H3. The third-order valence-corrected chi connectivity index (χ3v) is 4.87. The van der Waals surface area contributed by atoms with Crippen LogP contribution in [-0.4, -0.2) is 55.1 Å². The third kappa shape index (κ3) is 3.94. The van der Waals surface area contributed by atoms with Crippen molar-refractivity contribution < 1.29 is 0 Å². The van der Waals surface area contributed by atoms with Gasteiger partial charge >= 0.3 is 0 Å². The molecule has 1 atom stereocenters. The fourth-order valence-electron chi connectivity index (χ4n) is 3.67. The summed E-state index contributed by atoms with van der Waals surface area (Å²) < 4.78 is 0. The van der Waals surface area contributed by atoms with Gasteiger partial charge in [0.15, 0.2) is 0 Å². The second kappa shape index (κ2) is 7.46. The summed E-state index contributed by atoms with van der Waals surface area (Å²) in [5.41, 5.74) is 5.78. The maximum Gasteiger partial charge on any atom is 0.0232 e. The molecule has 2 fully saturated rings. The van der Waals surface area contributed by atoms with Crippen LogP contribution in [0, 0.1) is 0 Å². The van der Waals surface area contributed by atoms with E-state index in [1.54, 1.807) is 0 Å². The maximum atomic E-state index is 5.78. The summed E-state index contributed by atoms with van der Waals surface area (Å²) in [4.78, 5) is 5.32. The summed E-state index contributed by atoms with van der Waals surface area (Å²) in [6, 6.07) is 1.54. The molecule has 3 nitrogen and oxygen atoms in total. The molecule has 3 heteroatoms. The van der Waals surface area contributed by atoms with Gasteiger partial charge in [-0.05, 0) is 52.4 Å². The molecule has 1 aliphatic carbocycles. The summed E-state index contributed by atoms with van der Waals surface area (Å²) in [5.74, 6) is 0. The molecule has 0 aromatic heterocycles. The topological polar surface area (TPSA) is 32.5 Å². The van der Waals surface area contributed by atoms with E-state index in [1.807, 2.05) is 0 Å². The highest BCUT2D eigenvalue weighted by atomic mass is 15.2. The number of hydrogen-bond donors (Lipinski definition) is 1. The number of nitrogens with two attached hydrogens (primary N) is 1. The first-order chi connectivity index (χ1) is 8.81. The first-order valence-electron chi connectivity index (χ1n) is 7.95. The van der Waals surface area contributed by atoms with Gasteiger partial charge in [-0.25, -0.2) is 0 Å². The maximum absolute atomic E-state index is 5.78. The van der Waals surface area contributed by atoms with Gasteiger partial charge in [-0.15, -0.1) is 0 Å². The van der Waals surface area contributed by atoms with E-state index in [9.17, 15) is 0 Å². The van der Waals surface area contributed by atoms with Crippen molar-refractivity contribution in [2.75, 3.05) is 33.2 Å². The van der Waals surface area contributed by atoms with Gasteiger partial charge in [-0.1, -0.05) is 25.7 Å². The van der Waals surface area contributed by atoms with Crippen molar-refractivity contribution in [2.24, 2.45) is 5.73 Å². The zero-order valence-electron chi connectivity index (χ0n) is 12.1. The molecule has 1 saturated heterocycles. The van der Waals surface area contributed by atoms with Gasteiger partial charge in [0.1, 0.15) is 0 Å². The zero-order chi connectivity index (χ0) is 12.8. The Hall–Kier alpha value is -0.120. The fraction of sp³-hybridized carbons (Fsp3) is 1.00. The molecule has 0 bridgehead atoms. The van der Waals surface area contributed by atoms with E-state index in [0.717, 1.165) is 19.0 Å². The molecule has 1 aliphatic heterocycles. The lowest BCUT2D eigenvalue weighted by atomic mass is 10.1. The smallest absolute Gasteiger partial charge is 0.0232 e. The quantitative estimate of drug-likeness (QED) is 0.782. The normalized spacial score (nSPS) is 30.0. The Labute approximate surface area is 113 Å². The van der Waals surface area contributed by atoms with Gasteiger partial charge in [-0.3, -0.25) is 4.90 Å². The minimum Gasteiger partial charge on any atom is -0.330 e. The fourth-order valence-corrected chi connectivity index (χ4v) is 3.67. The number of nitrogens with zero attached hydrogens (tertiary/aromatic N) is 2. The van der Waals surface area contributed by atoms with Gasteiger partial charge in [0, 0.05) is 18.6 Å². The van der Waals surface area contributed by atoms with E-state index >= 15 is 0 Å². The van der Waals surface area contributed by atoms with Crippen LogP contribution < -0.4 is 5.73 Å². The number of rotatable bonds is 3. The van der Waals surface area contributed by atoms with Crippen LogP contribution in [0.1, 0.15) is 51.4 Å². The van der Waals surface area contributed by atoms with Crippen LogP contribution >= 0.6 is 0 Å². The van der Waals surface area contributed by atoms with E-state index in [0.29, 0.717) is 6.04 Å². The van der Waals surface area contributed by atoms with Crippen molar-refractivity contribution in [3.8, 4) is 0 Å². The predicted molar refractivity (Wildman–Crippen MR) is 77.8 cm³/mol. The Kier molecular flexibility index (Phi) is 5.93. The van der Waals surface area contributed by atoms with Gasteiger partial charge in [0.2, 0.25) is 0 Å². The third-order valence-electron chi connectivity index (χ3n) is 4.87. The molecular weight excluding hydrogens is 222 g/mol. The van der Waals surface area contributed by atoms with Crippen LogP contribution in [0.15, 0.2) is 0 Å². The Morgan fingerprint density at radius 1 is 1.00 bits per heavy atom. The van der Waals surface area contributed by atoms with E-state index < -0.39 is 0 Å². The average molecular weight is 253 g/mol. The summed E-state index contributed by atoms with van der Waals surface area (Å²) >= 11 is 0. The van der Waals surface area contributed by atoms with Gasteiger partial charge in [0.25, 0.3) is 0 Å². The molecule has 0 spiro atoms. The second-order valence-corrected chi connectivity index (χ2v) is 6.21. The molecule has 1 unspecified atom stereocenters. The van der Waals surface area contributed by atoms with Crippen LogP contribution in [0.25, 0.3) is 0 Å². The van der Waals surface area contributed by atoms with Crippen LogP contribution in [-0.2, 0) is 0 Å². The molecule has 1 saturated carbocycles. The van der Waals surface area contributed by atoms with Crippen LogP contribution in [0.2, 0.25) is 0 Å². The molecule has 2 rings (SSSR count). The summed E-state index contributed by atoms with van der Waals surface area (Å²) in [6.07, 6.45) is 11.1. The predicted octanol–water partition coefficient (Wildman–Crippen LogP) is 2.06. The monoisotopic (exact) mass is 253 g/mol. The lowest BCUT2D eigenvalue weighted by Gasteiger charge is -2.33. The van der Waals surface area contributed by atoms with Crippen molar-refractivity contribution in [3.05, 3.63) is 0 Å². The highest BCUT2D eigenvalue weighted by Crippen LogP contribution is 2.24. The molecule has 2 N–H and O–H groups in total. The van der Waals surface area contributed by atoms with Crippen LogP contribution in [0.5, 0.6) is 0 Å². The first kappa shape index (κ1) is 14.3. The summed E-state index contributed by atoms with van der Waals surface area (Å²) in [6.45, 7) is 4.62. The highest BCUT2D eigenvalue weighted by Gasteiger charge is 2.26. The second-order valence-electron chi connectivity index (χ2n) is 6.21. The Bertz CT molecular complexity index is 224. The Balaban J connectivity index is 1.93. The average Bonchev–Trinajstić information content (AvgIpc) is 2.72. The molecule has 18 heavy (non-hydrogen) atoms. The lowest BCUT2D eigenvalue weighted by molar-refractivity contribution is 0.149. The largest absolute Gasteiger partial charge is 0.330 e. The molecule has 0 aromatic carbocycles. The number of hydrogen-bond acceptors (Lipinski definition) is 3. The molecule has 0 radical (unpaired) electrons. The molecule has 2 aliphatic rings. The SMILES string of the molecule is CN1CCCN(C2CCCCCC2)CC1CCN. The van der Waals surface area contributed by atoms with E-state index in [1.165, 1.54) is 64.6 Å². The molecule has 1 heterocycles. The molecule has 0 aromatic rings. The van der Waals surface area contributed by atoms with Gasteiger partial charge in [0.05, 0.1) is 0 Å². The van der Waals surface area contributed by atoms with Crippen molar-refractivity contribution >= 4 is 0 Å². The zero-order valence-corrected chi connectivity index (χ0v) is 12.1. The lowest BCUT2D eigenvalue weighted by Crippen LogP contribution is -2.44. The summed E-state index contributed by atoms with van der Waals surface area (Å²) in [7, 11) is 2.27. The summed E-state index contributed by atoms with van der Waals surface area (Å²) in [5, 5.41) is 0.